The van der Waals surface area contributed by atoms with Crippen LogP contribution in [0.1, 0.15) is 36.2 Å². The Morgan fingerprint density at radius 3 is 2.07 bits per heavy atom. The quantitative estimate of drug-likeness (QED) is 0.185. The number of aromatic nitrogens is 1. The van der Waals surface area contributed by atoms with Gasteiger partial charge in [0.25, 0.3) is 0 Å². The van der Waals surface area contributed by atoms with Crippen molar-refractivity contribution in [1.82, 2.24) is 4.98 Å². The molecule has 42 heavy (non-hydrogen) atoms. The van der Waals surface area contributed by atoms with Gasteiger partial charge in [-0.05, 0) is 80.6 Å². The second-order valence-electron chi connectivity index (χ2n) is 10.1. The van der Waals surface area contributed by atoms with Crippen molar-refractivity contribution in [3.63, 3.8) is 0 Å². The Morgan fingerprint density at radius 1 is 0.905 bits per heavy atom. The van der Waals surface area contributed by atoms with E-state index in [1.54, 1.807) is 0 Å². The van der Waals surface area contributed by atoms with E-state index >= 15 is 0 Å². The Kier molecular flexibility index (Phi) is 11.8. The van der Waals surface area contributed by atoms with E-state index in [4.69, 9.17) is 0 Å². The number of benzene rings is 2. The van der Waals surface area contributed by atoms with Crippen molar-refractivity contribution in [3.8, 4) is 0 Å². The highest BCUT2D eigenvalue weighted by molar-refractivity contribution is 5.53. The van der Waals surface area contributed by atoms with Gasteiger partial charge >= 0.3 is 18.5 Å². The summed E-state index contributed by atoms with van der Waals surface area (Å²) in [5.41, 5.74) is -1.91. The zero-order chi connectivity index (χ0) is 31.7. The highest BCUT2D eigenvalue weighted by Crippen LogP contribution is 2.37. The lowest BCUT2D eigenvalue weighted by Crippen LogP contribution is -2.29. The van der Waals surface area contributed by atoms with Gasteiger partial charge in [0, 0.05) is 29.7 Å². The van der Waals surface area contributed by atoms with Gasteiger partial charge in [-0.15, -0.1) is 0 Å². The lowest BCUT2D eigenvalue weighted by atomic mass is 9.98. The van der Waals surface area contributed by atoms with E-state index < -0.39 is 53.3 Å². The Balaban J connectivity index is 0.000000343. The summed E-state index contributed by atoms with van der Waals surface area (Å²) >= 11 is 0. The summed E-state index contributed by atoms with van der Waals surface area (Å²) in [6.07, 6.45) is -6.11. The molecule has 11 heteroatoms. The third-order valence-corrected chi connectivity index (χ3v) is 5.77. The van der Waals surface area contributed by atoms with Gasteiger partial charge in [-0.2, -0.15) is 22.0 Å². The molecule has 0 radical (unpaired) electrons. The van der Waals surface area contributed by atoms with Crippen molar-refractivity contribution in [2.24, 2.45) is 0 Å². The molecule has 3 aromatic rings. The average molecular weight is 603 g/mol. The number of hydrogen-bond donors (Lipinski definition) is 1. The molecule has 0 spiro atoms. The third-order valence-electron chi connectivity index (χ3n) is 5.77. The molecule has 2 aromatic carbocycles. The third kappa shape index (κ3) is 11.6. The maximum atomic E-state index is 13.8. The summed E-state index contributed by atoms with van der Waals surface area (Å²) in [6.45, 7) is 6.64. The lowest BCUT2D eigenvalue weighted by molar-refractivity contribution is -0.127. The molecule has 228 valence electrons. The van der Waals surface area contributed by atoms with E-state index in [-0.39, 0.29) is 5.69 Å². The number of alkyl halides is 8. The van der Waals surface area contributed by atoms with E-state index in [0.29, 0.717) is 26.0 Å². The topological polar surface area (TPSA) is 24.9 Å². The van der Waals surface area contributed by atoms with Gasteiger partial charge in [0.05, 0.1) is 5.57 Å². The van der Waals surface area contributed by atoms with Crippen molar-refractivity contribution < 1.29 is 39.5 Å². The molecule has 1 aromatic heterocycles. The number of aryl methyl sites for hydroxylation is 3. The predicted molar refractivity (Wildman–Crippen MR) is 146 cm³/mol. The van der Waals surface area contributed by atoms with Gasteiger partial charge in [-0.1, -0.05) is 43.0 Å². The maximum Gasteiger partial charge on any atom is 0.415 e. The minimum Gasteiger partial charge on any atom is -0.356 e. The van der Waals surface area contributed by atoms with Crippen molar-refractivity contribution in [3.05, 3.63) is 119 Å². The second-order valence-corrected chi connectivity index (χ2v) is 10.1. The first-order valence-corrected chi connectivity index (χ1v) is 12.7. The molecular weight excluding hydrogens is 571 g/mol. The van der Waals surface area contributed by atoms with Gasteiger partial charge in [0.15, 0.2) is 0 Å². The molecule has 0 aliphatic heterocycles. The smallest absolute Gasteiger partial charge is 0.356 e. The van der Waals surface area contributed by atoms with Gasteiger partial charge in [-0.25, -0.2) is 17.6 Å². The summed E-state index contributed by atoms with van der Waals surface area (Å²) in [4.78, 5) is 4.39. The highest BCUT2D eigenvalue weighted by atomic mass is 19.4. The molecule has 0 unspecified atom stereocenters. The van der Waals surface area contributed by atoms with E-state index in [9.17, 15) is 39.5 Å². The molecule has 0 aliphatic carbocycles. The number of halogens is 9. The average Bonchev–Trinajstić information content (AvgIpc) is 2.86. The van der Waals surface area contributed by atoms with Gasteiger partial charge in [0.2, 0.25) is 0 Å². The minimum absolute atomic E-state index is 0.311. The summed E-state index contributed by atoms with van der Waals surface area (Å²) < 4.78 is 117. The Labute approximate surface area is 239 Å². The van der Waals surface area contributed by atoms with Crippen LogP contribution in [-0.4, -0.2) is 29.2 Å². The number of allylic oxidation sites excluding steroid dienone is 2. The van der Waals surface area contributed by atoms with Gasteiger partial charge < -0.3 is 5.32 Å². The maximum absolute atomic E-state index is 13.8. The summed E-state index contributed by atoms with van der Waals surface area (Å²) in [7, 11) is 0. The SMILES string of the molecule is C=C(/C=C(/C(C)(C)F)C(F)(F)F)Nc1cc(F)cc(CC(F)(F)C(F)F)c1.Cc1ccc(CCc2ccccc2)nc1. The van der Waals surface area contributed by atoms with Crippen LogP contribution in [0.4, 0.5) is 45.2 Å². The summed E-state index contributed by atoms with van der Waals surface area (Å²) in [6, 6.07) is 16.9. The second kappa shape index (κ2) is 14.4. The molecule has 1 heterocycles. The predicted octanol–water partition coefficient (Wildman–Crippen LogP) is 9.61. The Bertz CT molecular complexity index is 1310. The van der Waals surface area contributed by atoms with Crippen LogP contribution < -0.4 is 5.32 Å². The molecule has 2 nitrogen and oxygen atoms in total. The monoisotopic (exact) mass is 602 g/mol. The zero-order valence-electron chi connectivity index (χ0n) is 23.2. The number of nitrogens with zero attached hydrogens (tertiary/aromatic N) is 1. The molecule has 1 N–H and O–H groups in total. The number of anilines is 1. The van der Waals surface area contributed by atoms with Crippen molar-refractivity contribution >= 4 is 5.69 Å². The molecular formula is C31H31F9N2. The van der Waals surface area contributed by atoms with E-state index in [1.165, 1.54) is 16.8 Å². The normalized spacial score (nSPS) is 12.5. The molecule has 0 bridgehead atoms. The van der Waals surface area contributed by atoms with Crippen molar-refractivity contribution in [2.75, 3.05) is 5.32 Å². The standard InChI is InChI=1S/C17H16F9N.C14H15N/c1-9(4-13(15(2,3)21)17(24,25)26)27-12-6-10(5-11(18)7-12)8-16(22,23)14(19)20;1-12-7-9-14(15-11-12)10-8-13-5-3-2-4-6-13/h4-7,14,27H,1,8H2,2-3H3;2-7,9,11H,8,10H2,1H3/b13-4-;. The first-order chi connectivity index (χ1) is 19.4. The molecule has 0 saturated carbocycles. The van der Waals surface area contributed by atoms with Crippen LogP contribution >= 0.6 is 0 Å². The summed E-state index contributed by atoms with van der Waals surface area (Å²) in [5, 5.41) is 2.20. The fraction of sp³-hybridized carbons (Fsp3) is 0.323. The molecule has 0 aliphatic rings. The van der Waals surface area contributed by atoms with Crippen molar-refractivity contribution in [2.45, 2.75) is 64.2 Å². The molecule has 0 amide bonds. The minimum atomic E-state index is -5.02. The van der Waals surface area contributed by atoms with Gasteiger partial charge in [0.1, 0.15) is 11.5 Å². The molecule has 0 atom stereocenters. The fourth-order valence-electron chi connectivity index (χ4n) is 3.72. The van der Waals surface area contributed by atoms with E-state index in [0.717, 1.165) is 25.0 Å². The summed E-state index contributed by atoms with van der Waals surface area (Å²) in [5.74, 6) is -5.50. The first kappa shape index (κ1) is 34.4. The van der Waals surface area contributed by atoms with Crippen LogP contribution in [0.5, 0.6) is 0 Å². The highest BCUT2D eigenvalue weighted by Gasteiger charge is 2.43. The van der Waals surface area contributed by atoms with Crippen LogP contribution in [0.2, 0.25) is 0 Å². The molecule has 0 saturated heterocycles. The van der Waals surface area contributed by atoms with Crippen LogP contribution in [0.15, 0.2) is 90.8 Å². The number of nitrogens with one attached hydrogen (secondary N) is 1. The lowest BCUT2D eigenvalue weighted by Gasteiger charge is -2.22. The number of pyridine rings is 1. The van der Waals surface area contributed by atoms with Crippen LogP contribution in [0.25, 0.3) is 0 Å². The van der Waals surface area contributed by atoms with E-state index in [2.05, 4.69) is 60.2 Å². The first-order valence-electron chi connectivity index (χ1n) is 12.7. The largest absolute Gasteiger partial charge is 0.415 e. The van der Waals surface area contributed by atoms with Crippen molar-refractivity contribution in [1.29, 1.82) is 0 Å². The number of rotatable bonds is 10. The van der Waals surface area contributed by atoms with Crippen LogP contribution in [0, 0.1) is 12.7 Å². The Morgan fingerprint density at radius 2 is 1.55 bits per heavy atom. The molecule has 0 fully saturated rings. The molecule has 3 rings (SSSR count). The van der Waals surface area contributed by atoms with Crippen LogP contribution in [-0.2, 0) is 19.3 Å². The zero-order valence-corrected chi connectivity index (χ0v) is 23.2. The van der Waals surface area contributed by atoms with Crippen LogP contribution in [0.3, 0.4) is 0 Å². The van der Waals surface area contributed by atoms with E-state index in [1.807, 2.05) is 12.3 Å². The Hall–Kier alpha value is -3.76. The van der Waals surface area contributed by atoms with Gasteiger partial charge in [-0.3, -0.25) is 4.98 Å². The fourth-order valence-corrected chi connectivity index (χ4v) is 3.72. The number of hydrogen-bond acceptors (Lipinski definition) is 2.